The number of unbranched alkanes of at least 4 members (excludes halogenated alkanes) is 1. The molecule has 302 valence electrons. The molecule has 1 saturated heterocycles. The molecule has 0 radical (unpaired) electrons. The van der Waals surface area contributed by atoms with Crippen LogP contribution in [0, 0.1) is 0 Å². The number of nitrogens with zero attached hydrogens (tertiary/aromatic N) is 2. The fourth-order valence-corrected chi connectivity index (χ4v) is 7.83. The van der Waals surface area contributed by atoms with Crippen LogP contribution in [0.25, 0.3) is 10.9 Å². The van der Waals surface area contributed by atoms with Crippen LogP contribution in [0.1, 0.15) is 51.5 Å². The maximum atomic E-state index is 13.6. The standard InChI is InChI=1S/C34H51N11O8S2/c1-19-16-45(17-21-14-39-23-8-4-3-7-22(21)23)20(2)31(51)44-26(30(35)50)18-55-54-12-10-27(46)42-24(9-5-6-11-38-34(36)37)32(52)40-15-28(47)43-25(13-29(48)49)33(53)41-19/h3-4,7-8,14,19-20,24-26,39H,5-6,9-13,15-18H2,1-2H3,(H2,35,50)(H,40,52)(H,41,53)(H,42,46)(H,43,47)(H,44,51)(H,48,49)(H4,36,37,38). The minimum Gasteiger partial charge on any atom is -0.481 e. The van der Waals surface area contributed by atoms with E-state index in [2.05, 4.69) is 36.6 Å². The van der Waals surface area contributed by atoms with Crippen LogP contribution >= 0.6 is 21.6 Å². The molecule has 19 nitrogen and oxygen atoms in total. The van der Waals surface area contributed by atoms with Gasteiger partial charge in [0, 0.05) is 60.7 Å². The predicted molar refractivity (Wildman–Crippen MR) is 210 cm³/mol. The highest BCUT2D eigenvalue weighted by Gasteiger charge is 2.30. The van der Waals surface area contributed by atoms with Crippen molar-refractivity contribution in [1.82, 2.24) is 36.5 Å². The van der Waals surface area contributed by atoms with Crippen LogP contribution in [0.5, 0.6) is 0 Å². The third-order valence-corrected chi connectivity index (χ3v) is 11.0. The summed E-state index contributed by atoms with van der Waals surface area (Å²) in [5.74, 6) is -5.01. The Bertz CT molecular complexity index is 1700. The minimum absolute atomic E-state index is 0.00747. The number of aliphatic imine (C=N–C) groups is 1. The van der Waals surface area contributed by atoms with Crippen molar-refractivity contribution in [2.45, 2.75) is 82.7 Å². The smallest absolute Gasteiger partial charge is 0.305 e. The number of H-pyrrole nitrogens is 1. The first kappa shape index (κ1) is 44.4. The van der Waals surface area contributed by atoms with Crippen LogP contribution in [0.3, 0.4) is 0 Å². The zero-order valence-electron chi connectivity index (χ0n) is 30.8. The van der Waals surface area contributed by atoms with Crippen molar-refractivity contribution in [2.24, 2.45) is 22.2 Å². The number of nitrogens with one attached hydrogen (secondary N) is 6. The number of aromatic nitrogens is 1. The molecule has 0 spiro atoms. The van der Waals surface area contributed by atoms with E-state index < -0.39 is 84.6 Å². The van der Waals surface area contributed by atoms with Gasteiger partial charge in [-0.15, -0.1) is 0 Å². The highest BCUT2D eigenvalue weighted by Crippen LogP contribution is 2.24. The van der Waals surface area contributed by atoms with Crippen LogP contribution in [0.15, 0.2) is 35.5 Å². The van der Waals surface area contributed by atoms with E-state index in [1.165, 1.54) is 21.6 Å². The molecule has 1 aromatic heterocycles. The molecule has 1 fully saturated rings. The van der Waals surface area contributed by atoms with Gasteiger partial charge in [0.2, 0.25) is 35.4 Å². The van der Waals surface area contributed by atoms with Crippen molar-refractivity contribution in [2.75, 3.05) is 31.1 Å². The van der Waals surface area contributed by atoms with Gasteiger partial charge in [-0.3, -0.25) is 43.5 Å². The number of carbonyl (C=O) groups is 7. The van der Waals surface area contributed by atoms with Gasteiger partial charge in [0.25, 0.3) is 0 Å². The highest BCUT2D eigenvalue weighted by molar-refractivity contribution is 8.76. The molecule has 1 aliphatic rings. The second-order valence-corrected chi connectivity index (χ2v) is 15.7. The van der Waals surface area contributed by atoms with Crippen LogP contribution < -0.4 is 43.8 Å². The first-order valence-electron chi connectivity index (χ1n) is 17.7. The number of amides is 6. The largest absolute Gasteiger partial charge is 0.481 e. The van der Waals surface area contributed by atoms with Crippen molar-refractivity contribution in [3.8, 4) is 0 Å². The summed E-state index contributed by atoms with van der Waals surface area (Å²) in [6.07, 6.45) is 2.22. The van der Waals surface area contributed by atoms with Crippen LogP contribution in [-0.2, 0) is 40.1 Å². The average molecular weight is 806 g/mol. The first-order chi connectivity index (χ1) is 26.1. The molecule has 13 N–H and O–H groups in total. The lowest BCUT2D eigenvalue weighted by atomic mass is 10.1. The van der Waals surface area contributed by atoms with Crippen LogP contribution in [0.2, 0.25) is 0 Å². The third-order valence-electron chi connectivity index (χ3n) is 8.56. The molecule has 2 aromatic rings. The van der Waals surface area contributed by atoms with Gasteiger partial charge in [0.1, 0.15) is 18.1 Å². The molecule has 1 aliphatic heterocycles. The second-order valence-electron chi connectivity index (χ2n) is 13.1. The summed E-state index contributed by atoms with van der Waals surface area (Å²) < 4.78 is 0. The molecular formula is C34H51N11O8S2. The summed E-state index contributed by atoms with van der Waals surface area (Å²) in [5, 5.41) is 23.4. The van der Waals surface area contributed by atoms with Crippen molar-refractivity contribution >= 4 is 79.9 Å². The first-order valence-corrected chi connectivity index (χ1v) is 20.2. The fraction of sp³-hybridized carbons (Fsp3) is 0.529. The number of hydrogen-bond donors (Lipinski definition) is 10. The predicted octanol–water partition coefficient (Wildman–Crippen LogP) is -1.38. The van der Waals surface area contributed by atoms with E-state index in [1.807, 2.05) is 30.5 Å². The Kier molecular flexibility index (Phi) is 18.1. The number of para-hydroxylation sites is 1. The maximum absolute atomic E-state index is 13.6. The SMILES string of the molecule is CC1CN(Cc2c[nH]c3ccccc23)C(C)C(=O)NC(C(N)=O)CSSCCC(=O)NC(CCCCN=C(N)N)C(=O)NCC(=O)NC(CC(=O)O)C(=O)N1. The van der Waals surface area contributed by atoms with E-state index in [4.69, 9.17) is 17.2 Å². The van der Waals surface area contributed by atoms with Crippen LogP contribution in [0.4, 0.5) is 0 Å². The number of carboxylic acid groups (broad SMARTS) is 1. The molecule has 6 amide bonds. The topological polar surface area (TPSA) is 309 Å². The Labute approximate surface area is 326 Å². The van der Waals surface area contributed by atoms with Crippen molar-refractivity contribution < 1.29 is 38.7 Å². The van der Waals surface area contributed by atoms with Crippen molar-refractivity contribution in [3.05, 3.63) is 36.0 Å². The maximum Gasteiger partial charge on any atom is 0.305 e. The second kappa shape index (κ2) is 22.4. The normalized spacial score (nSPS) is 23.4. The Hall–Kier alpha value is -5.02. The number of carbonyl (C=O) groups excluding carboxylic acids is 6. The molecule has 1 aromatic carbocycles. The van der Waals surface area contributed by atoms with Gasteiger partial charge in [-0.05, 0) is 44.7 Å². The molecule has 0 aliphatic carbocycles. The number of primary amides is 1. The summed E-state index contributed by atoms with van der Waals surface area (Å²) >= 11 is 0. The fourth-order valence-electron chi connectivity index (χ4n) is 5.67. The molecule has 21 heteroatoms. The number of aliphatic carboxylic acids is 1. The lowest BCUT2D eigenvalue weighted by molar-refractivity contribution is -0.141. The third kappa shape index (κ3) is 15.3. The van der Waals surface area contributed by atoms with E-state index in [-0.39, 0.29) is 37.6 Å². The summed E-state index contributed by atoms with van der Waals surface area (Å²) in [6, 6.07) is 2.52. The van der Waals surface area contributed by atoms with E-state index in [9.17, 15) is 38.7 Å². The Morgan fingerprint density at radius 1 is 0.909 bits per heavy atom. The summed E-state index contributed by atoms with van der Waals surface area (Å²) in [6.45, 7) is 3.37. The van der Waals surface area contributed by atoms with Gasteiger partial charge in [0.05, 0.1) is 19.0 Å². The van der Waals surface area contributed by atoms with E-state index >= 15 is 0 Å². The van der Waals surface area contributed by atoms with Crippen LogP contribution in [-0.4, -0.2) is 124 Å². The quantitative estimate of drug-likeness (QED) is 0.0574. The molecule has 2 heterocycles. The van der Waals surface area contributed by atoms with E-state index in [0.29, 0.717) is 25.1 Å². The van der Waals surface area contributed by atoms with Gasteiger partial charge in [-0.2, -0.15) is 0 Å². The summed E-state index contributed by atoms with van der Waals surface area (Å²) in [5.41, 5.74) is 18.1. The average Bonchev–Trinajstić information content (AvgIpc) is 3.53. The van der Waals surface area contributed by atoms with Gasteiger partial charge in [-0.1, -0.05) is 39.8 Å². The zero-order chi connectivity index (χ0) is 40.5. The highest BCUT2D eigenvalue weighted by atomic mass is 33.1. The Morgan fingerprint density at radius 2 is 1.64 bits per heavy atom. The van der Waals surface area contributed by atoms with Gasteiger partial charge in [-0.25, -0.2) is 0 Å². The van der Waals surface area contributed by atoms with Crippen molar-refractivity contribution in [1.29, 1.82) is 0 Å². The van der Waals surface area contributed by atoms with Gasteiger partial charge in [0.15, 0.2) is 5.96 Å². The lowest BCUT2D eigenvalue weighted by Crippen LogP contribution is -2.56. The van der Waals surface area contributed by atoms with Gasteiger partial charge < -0.3 is 53.9 Å². The number of hydrogen-bond acceptors (Lipinski definition) is 11. The number of carboxylic acids is 1. The van der Waals surface area contributed by atoms with Crippen molar-refractivity contribution in [3.63, 3.8) is 0 Å². The summed E-state index contributed by atoms with van der Waals surface area (Å²) in [4.78, 5) is 99.0. The van der Waals surface area contributed by atoms with E-state index in [1.54, 1.807) is 18.7 Å². The Balaban J connectivity index is 1.85. The number of fused-ring (bicyclic) bond motifs is 1. The molecule has 0 bridgehead atoms. The molecular weight excluding hydrogens is 755 g/mol. The number of rotatable bonds is 10. The molecule has 0 saturated carbocycles. The minimum atomic E-state index is -1.51. The summed E-state index contributed by atoms with van der Waals surface area (Å²) in [7, 11) is 2.53. The Morgan fingerprint density at radius 3 is 2.35 bits per heavy atom. The molecule has 3 rings (SSSR count). The number of aromatic amines is 1. The molecule has 55 heavy (non-hydrogen) atoms. The number of guanidine groups is 1. The molecule has 5 atom stereocenters. The number of nitrogens with two attached hydrogens (primary N) is 3. The lowest BCUT2D eigenvalue weighted by Gasteiger charge is -2.32. The molecule has 5 unspecified atom stereocenters. The van der Waals surface area contributed by atoms with E-state index in [0.717, 1.165) is 16.5 Å². The van der Waals surface area contributed by atoms with Gasteiger partial charge >= 0.3 is 5.97 Å². The zero-order valence-corrected chi connectivity index (χ0v) is 32.4. The number of benzene rings is 1. The monoisotopic (exact) mass is 805 g/mol.